The van der Waals surface area contributed by atoms with E-state index in [0.29, 0.717) is 19.3 Å². The molecule has 0 radical (unpaired) electrons. The van der Waals surface area contributed by atoms with Crippen LogP contribution < -0.4 is 9.44 Å². The van der Waals surface area contributed by atoms with Crippen LogP contribution in [0.25, 0.3) is 0 Å². The standard InChI is InChI=1S/C21H27FN2O6S2/c1-15-5-4-6-17(13-15)31(26,27)24-19-10-9-16(30-20(19)14-25)11-12-23-32(28,29)21-8-3-2-7-18(21)22/h2-8,13,16,19-20,23-25H,9-12,14H2,1H3/t16-,19+,20-/m1/s1. The van der Waals surface area contributed by atoms with Crippen molar-refractivity contribution >= 4 is 20.0 Å². The molecule has 0 unspecified atom stereocenters. The molecule has 1 saturated heterocycles. The maximum atomic E-state index is 13.8. The Morgan fingerprint density at radius 3 is 2.50 bits per heavy atom. The van der Waals surface area contributed by atoms with Crippen LogP contribution in [-0.2, 0) is 24.8 Å². The first-order chi connectivity index (χ1) is 15.1. The van der Waals surface area contributed by atoms with E-state index in [9.17, 15) is 26.3 Å². The Hall–Kier alpha value is -1.89. The molecule has 1 aliphatic heterocycles. The molecule has 3 rings (SSSR count). The average Bonchev–Trinajstić information content (AvgIpc) is 2.74. The van der Waals surface area contributed by atoms with Crippen LogP contribution in [-0.4, -0.2) is 53.3 Å². The van der Waals surface area contributed by atoms with Crippen molar-refractivity contribution in [3.8, 4) is 0 Å². The highest BCUT2D eigenvalue weighted by Gasteiger charge is 2.34. The van der Waals surface area contributed by atoms with Crippen molar-refractivity contribution < 1.29 is 31.1 Å². The molecule has 2 aromatic carbocycles. The topological polar surface area (TPSA) is 122 Å². The van der Waals surface area contributed by atoms with Gasteiger partial charge in [-0.2, -0.15) is 0 Å². The van der Waals surface area contributed by atoms with Gasteiger partial charge in [0.2, 0.25) is 20.0 Å². The van der Waals surface area contributed by atoms with Crippen molar-refractivity contribution in [1.82, 2.24) is 9.44 Å². The second kappa shape index (κ2) is 10.4. The number of ether oxygens (including phenoxy) is 1. The fourth-order valence-electron chi connectivity index (χ4n) is 3.62. The predicted octanol–water partition coefficient (Wildman–Crippen LogP) is 1.69. The van der Waals surface area contributed by atoms with E-state index in [1.54, 1.807) is 25.1 Å². The van der Waals surface area contributed by atoms with Gasteiger partial charge in [0.05, 0.1) is 29.8 Å². The van der Waals surface area contributed by atoms with Crippen molar-refractivity contribution in [2.75, 3.05) is 13.2 Å². The van der Waals surface area contributed by atoms with Gasteiger partial charge in [-0.3, -0.25) is 0 Å². The van der Waals surface area contributed by atoms with E-state index in [-0.39, 0.29) is 17.5 Å². The lowest BCUT2D eigenvalue weighted by Gasteiger charge is -2.36. The van der Waals surface area contributed by atoms with E-state index >= 15 is 0 Å². The number of hydrogen-bond acceptors (Lipinski definition) is 6. The van der Waals surface area contributed by atoms with Gasteiger partial charge in [-0.25, -0.2) is 30.7 Å². The normalized spacial score (nSPS) is 22.0. The number of nitrogens with one attached hydrogen (secondary N) is 2. The lowest BCUT2D eigenvalue weighted by molar-refractivity contribution is -0.0869. The molecular formula is C21H27FN2O6S2. The van der Waals surface area contributed by atoms with E-state index in [0.717, 1.165) is 11.6 Å². The lowest BCUT2D eigenvalue weighted by Crippen LogP contribution is -2.51. The molecule has 0 spiro atoms. The molecule has 0 saturated carbocycles. The van der Waals surface area contributed by atoms with Crippen molar-refractivity contribution in [2.45, 2.75) is 54.2 Å². The fourth-order valence-corrected chi connectivity index (χ4v) is 6.15. The molecule has 3 N–H and O–H groups in total. The highest BCUT2D eigenvalue weighted by atomic mass is 32.2. The van der Waals surface area contributed by atoms with Gasteiger partial charge >= 0.3 is 0 Å². The van der Waals surface area contributed by atoms with Crippen LogP contribution in [0.15, 0.2) is 58.3 Å². The van der Waals surface area contributed by atoms with Crippen LogP contribution in [0.2, 0.25) is 0 Å². The summed E-state index contributed by atoms with van der Waals surface area (Å²) >= 11 is 0. The lowest BCUT2D eigenvalue weighted by atomic mass is 9.98. The van der Waals surface area contributed by atoms with Gasteiger partial charge in [0, 0.05) is 6.54 Å². The molecular weight excluding hydrogens is 459 g/mol. The molecule has 32 heavy (non-hydrogen) atoms. The predicted molar refractivity (Wildman–Crippen MR) is 116 cm³/mol. The van der Waals surface area contributed by atoms with Crippen LogP contribution in [0.4, 0.5) is 4.39 Å². The monoisotopic (exact) mass is 486 g/mol. The number of rotatable bonds is 9. The summed E-state index contributed by atoms with van der Waals surface area (Å²) in [4.78, 5) is -0.290. The summed E-state index contributed by atoms with van der Waals surface area (Å²) in [6.07, 6.45) is 0.0354. The van der Waals surface area contributed by atoms with Crippen molar-refractivity contribution in [3.05, 3.63) is 59.9 Å². The number of aliphatic hydroxyl groups excluding tert-OH is 1. The minimum atomic E-state index is -4.00. The SMILES string of the molecule is Cc1cccc(S(=O)(=O)N[C@H]2CC[C@H](CCNS(=O)(=O)c3ccccc3F)O[C@@H]2CO)c1. The first-order valence-corrected chi connectivity index (χ1v) is 13.2. The second-order valence-corrected chi connectivity index (χ2v) is 11.2. The summed E-state index contributed by atoms with van der Waals surface area (Å²) < 4.78 is 74.4. The summed E-state index contributed by atoms with van der Waals surface area (Å²) in [5.74, 6) is -0.835. The molecule has 1 heterocycles. The summed E-state index contributed by atoms with van der Waals surface area (Å²) in [5.41, 5.74) is 0.810. The van der Waals surface area contributed by atoms with E-state index in [4.69, 9.17) is 4.74 Å². The van der Waals surface area contributed by atoms with Gasteiger partial charge in [0.1, 0.15) is 10.7 Å². The van der Waals surface area contributed by atoms with Crippen molar-refractivity contribution in [3.63, 3.8) is 0 Å². The molecule has 0 aromatic heterocycles. The Morgan fingerprint density at radius 1 is 1.06 bits per heavy atom. The zero-order valence-corrected chi connectivity index (χ0v) is 19.2. The van der Waals surface area contributed by atoms with Crippen LogP contribution in [0, 0.1) is 12.7 Å². The molecule has 2 aromatic rings. The third kappa shape index (κ3) is 6.12. The largest absolute Gasteiger partial charge is 0.394 e. The van der Waals surface area contributed by atoms with Crippen LogP contribution in [0.5, 0.6) is 0 Å². The number of aliphatic hydroxyl groups is 1. The molecule has 176 valence electrons. The molecule has 0 aliphatic carbocycles. The number of halogens is 1. The van der Waals surface area contributed by atoms with Gasteiger partial charge in [0.15, 0.2) is 0 Å². The zero-order chi connectivity index (χ0) is 23.4. The maximum absolute atomic E-state index is 13.8. The van der Waals surface area contributed by atoms with Crippen LogP contribution in [0.1, 0.15) is 24.8 Å². The quantitative estimate of drug-likeness (QED) is 0.496. The van der Waals surface area contributed by atoms with Gasteiger partial charge in [-0.05, 0) is 56.0 Å². The highest BCUT2D eigenvalue weighted by Crippen LogP contribution is 2.24. The molecule has 11 heteroatoms. The summed E-state index contributed by atoms with van der Waals surface area (Å²) in [6, 6.07) is 11.0. The Labute approximate surface area is 187 Å². The Morgan fingerprint density at radius 2 is 1.81 bits per heavy atom. The van der Waals surface area contributed by atoms with E-state index in [2.05, 4.69) is 9.44 Å². The zero-order valence-electron chi connectivity index (χ0n) is 17.6. The van der Waals surface area contributed by atoms with Crippen molar-refractivity contribution in [1.29, 1.82) is 0 Å². The third-order valence-electron chi connectivity index (χ3n) is 5.29. The average molecular weight is 487 g/mol. The van der Waals surface area contributed by atoms with Gasteiger partial charge in [-0.15, -0.1) is 0 Å². The van der Waals surface area contributed by atoms with Gasteiger partial charge in [-0.1, -0.05) is 24.3 Å². The smallest absolute Gasteiger partial charge is 0.243 e. The number of benzene rings is 2. The molecule has 8 nitrogen and oxygen atoms in total. The van der Waals surface area contributed by atoms with E-state index in [1.807, 2.05) is 0 Å². The van der Waals surface area contributed by atoms with E-state index < -0.39 is 49.5 Å². The molecule has 1 aliphatic rings. The molecule has 1 fully saturated rings. The van der Waals surface area contributed by atoms with Crippen LogP contribution in [0.3, 0.4) is 0 Å². The van der Waals surface area contributed by atoms with E-state index in [1.165, 1.54) is 24.3 Å². The Kier molecular flexibility index (Phi) is 8.01. The molecule has 0 bridgehead atoms. The first-order valence-electron chi connectivity index (χ1n) is 10.2. The third-order valence-corrected chi connectivity index (χ3v) is 8.27. The van der Waals surface area contributed by atoms with Gasteiger partial charge in [0.25, 0.3) is 0 Å². The second-order valence-electron chi connectivity index (χ2n) is 7.72. The number of hydrogen-bond donors (Lipinski definition) is 3. The first kappa shape index (κ1) is 24.7. The summed E-state index contributed by atoms with van der Waals surface area (Å²) in [5, 5.41) is 9.71. The molecule has 3 atom stereocenters. The Bertz CT molecular complexity index is 1140. The highest BCUT2D eigenvalue weighted by molar-refractivity contribution is 7.89. The Balaban J connectivity index is 1.56. The minimum Gasteiger partial charge on any atom is -0.394 e. The number of aryl methyl sites for hydroxylation is 1. The fraction of sp³-hybridized carbons (Fsp3) is 0.429. The summed E-state index contributed by atoms with van der Waals surface area (Å²) in [7, 11) is -7.78. The maximum Gasteiger partial charge on any atom is 0.243 e. The molecule has 0 amide bonds. The minimum absolute atomic E-state index is 0.0131. The van der Waals surface area contributed by atoms with Crippen LogP contribution >= 0.6 is 0 Å². The number of sulfonamides is 2. The summed E-state index contributed by atoms with van der Waals surface area (Å²) in [6.45, 7) is 1.42. The van der Waals surface area contributed by atoms with Gasteiger partial charge < -0.3 is 9.84 Å². The van der Waals surface area contributed by atoms with Crippen molar-refractivity contribution in [2.24, 2.45) is 0 Å².